The minimum absolute atomic E-state index is 0.229. The molecular formula is C24H23N3O4S. The molecule has 7 nitrogen and oxygen atoms in total. The van der Waals surface area contributed by atoms with Crippen molar-refractivity contribution in [3.63, 3.8) is 0 Å². The van der Waals surface area contributed by atoms with Crippen molar-refractivity contribution in [2.75, 3.05) is 13.2 Å². The number of aromatic carboxylic acids is 1. The van der Waals surface area contributed by atoms with Gasteiger partial charge >= 0.3 is 5.97 Å². The fraction of sp³-hybridized carbons (Fsp3) is 0.208. The van der Waals surface area contributed by atoms with E-state index in [-0.39, 0.29) is 5.56 Å². The van der Waals surface area contributed by atoms with Gasteiger partial charge in [0.15, 0.2) is 5.16 Å². The largest absolute Gasteiger partial charge is 0.491 e. The molecule has 0 atom stereocenters. The summed E-state index contributed by atoms with van der Waals surface area (Å²) >= 11 is 1.51. The first kappa shape index (κ1) is 21.9. The number of aromatic amines is 1. The molecule has 0 amide bonds. The lowest BCUT2D eigenvalue weighted by Crippen LogP contribution is -2.08. The predicted octanol–water partition coefficient (Wildman–Crippen LogP) is 4.85. The van der Waals surface area contributed by atoms with E-state index in [2.05, 4.69) is 15.0 Å². The molecule has 2 aromatic heterocycles. The molecule has 0 unspecified atom stereocenters. The maximum atomic E-state index is 11.1. The van der Waals surface area contributed by atoms with Crippen molar-refractivity contribution in [2.24, 2.45) is 0 Å². The summed E-state index contributed by atoms with van der Waals surface area (Å²) in [6.07, 6.45) is 1.74. The second kappa shape index (κ2) is 10.3. The molecule has 0 saturated carbocycles. The quantitative estimate of drug-likeness (QED) is 0.264. The second-order valence-corrected chi connectivity index (χ2v) is 8.10. The van der Waals surface area contributed by atoms with E-state index in [9.17, 15) is 4.79 Å². The summed E-state index contributed by atoms with van der Waals surface area (Å²) < 4.78 is 11.6. The van der Waals surface area contributed by atoms with E-state index in [1.54, 1.807) is 24.4 Å². The zero-order valence-corrected chi connectivity index (χ0v) is 18.4. The van der Waals surface area contributed by atoms with Crippen LogP contribution in [0.1, 0.15) is 27.2 Å². The summed E-state index contributed by atoms with van der Waals surface area (Å²) in [7, 11) is 0. The number of carbonyl (C=O) groups is 1. The third-order valence-corrected chi connectivity index (χ3v) is 5.79. The summed E-state index contributed by atoms with van der Waals surface area (Å²) in [5.41, 5.74) is 4.68. The van der Waals surface area contributed by atoms with E-state index >= 15 is 0 Å². The standard InChI is InChI=1S/C24H23N3O4S/c1-16-21(15-32-24-26-19-8-7-18(23(28)29)13-20(19)27-24)25-10-9-22(16)31-12-11-30-14-17-5-3-2-4-6-17/h2-10,13H,11-12,14-15H2,1H3,(H,26,27)(H,28,29). The lowest BCUT2D eigenvalue weighted by Gasteiger charge is -2.12. The molecule has 0 aliphatic carbocycles. The number of aromatic nitrogens is 3. The average molecular weight is 450 g/mol. The number of hydrogen-bond donors (Lipinski definition) is 2. The van der Waals surface area contributed by atoms with Crippen LogP contribution in [0.4, 0.5) is 0 Å². The number of thioether (sulfide) groups is 1. The van der Waals surface area contributed by atoms with Crippen molar-refractivity contribution in [1.29, 1.82) is 0 Å². The van der Waals surface area contributed by atoms with Crippen molar-refractivity contribution in [2.45, 2.75) is 24.4 Å². The summed E-state index contributed by atoms with van der Waals surface area (Å²) in [6.45, 7) is 3.51. The number of nitrogens with one attached hydrogen (secondary N) is 1. The van der Waals surface area contributed by atoms with Gasteiger partial charge in [-0.1, -0.05) is 42.1 Å². The molecule has 0 saturated heterocycles. The first-order valence-corrected chi connectivity index (χ1v) is 11.1. The van der Waals surface area contributed by atoms with Crippen molar-refractivity contribution >= 4 is 28.8 Å². The van der Waals surface area contributed by atoms with E-state index in [0.717, 1.165) is 28.1 Å². The van der Waals surface area contributed by atoms with Crippen LogP contribution in [0.2, 0.25) is 0 Å². The first-order chi connectivity index (χ1) is 15.6. The van der Waals surface area contributed by atoms with Gasteiger partial charge in [-0.25, -0.2) is 9.78 Å². The number of hydrogen-bond acceptors (Lipinski definition) is 6. The number of rotatable bonds is 10. The number of carboxylic acid groups (broad SMARTS) is 1. The van der Waals surface area contributed by atoms with Crippen LogP contribution in [0.5, 0.6) is 5.75 Å². The Bertz CT molecular complexity index is 1210. The predicted molar refractivity (Wildman–Crippen MR) is 123 cm³/mol. The Balaban J connectivity index is 1.31. The highest BCUT2D eigenvalue weighted by Gasteiger charge is 2.11. The van der Waals surface area contributed by atoms with Crippen LogP contribution >= 0.6 is 11.8 Å². The molecule has 0 bridgehead atoms. The molecular weight excluding hydrogens is 426 g/mol. The normalized spacial score (nSPS) is 11.0. The molecule has 2 aromatic carbocycles. The molecule has 0 fully saturated rings. The van der Waals surface area contributed by atoms with E-state index < -0.39 is 5.97 Å². The van der Waals surface area contributed by atoms with Crippen molar-refractivity contribution < 1.29 is 19.4 Å². The van der Waals surface area contributed by atoms with E-state index in [1.807, 2.05) is 43.3 Å². The van der Waals surface area contributed by atoms with Gasteiger partial charge in [-0.3, -0.25) is 4.98 Å². The van der Waals surface area contributed by atoms with E-state index in [0.29, 0.717) is 36.2 Å². The van der Waals surface area contributed by atoms with Crippen LogP contribution in [0.25, 0.3) is 11.0 Å². The smallest absolute Gasteiger partial charge is 0.335 e. The van der Waals surface area contributed by atoms with E-state index in [1.165, 1.54) is 11.8 Å². The van der Waals surface area contributed by atoms with Crippen molar-refractivity contribution in [3.8, 4) is 5.75 Å². The molecule has 8 heteroatoms. The zero-order valence-electron chi connectivity index (χ0n) is 17.6. The third-order valence-electron chi connectivity index (χ3n) is 4.91. The number of ether oxygens (including phenoxy) is 2. The van der Waals surface area contributed by atoms with Crippen LogP contribution in [-0.4, -0.2) is 39.2 Å². The van der Waals surface area contributed by atoms with Crippen molar-refractivity contribution in [3.05, 3.63) is 83.2 Å². The number of nitrogens with zero attached hydrogens (tertiary/aromatic N) is 2. The maximum absolute atomic E-state index is 11.1. The summed E-state index contributed by atoms with van der Waals surface area (Å²) in [4.78, 5) is 23.3. The van der Waals surface area contributed by atoms with Crippen LogP contribution in [0, 0.1) is 6.92 Å². The van der Waals surface area contributed by atoms with Gasteiger partial charge in [0.1, 0.15) is 12.4 Å². The maximum Gasteiger partial charge on any atom is 0.335 e. The SMILES string of the molecule is Cc1c(OCCOCc2ccccc2)ccnc1CSc1nc2ccc(C(=O)O)cc2[nH]1. The Kier molecular flexibility index (Phi) is 7.03. The molecule has 32 heavy (non-hydrogen) atoms. The van der Waals surface area contributed by atoms with Gasteiger partial charge in [0, 0.05) is 17.5 Å². The Hall–Kier alpha value is -3.36. The molecule has 0 radical (unpaired) electrons. The zero-order chi connectivity index (χ0) is 22.3. The minimum atomic E-state index is -0.960. The van der Waals surface area contributed by atoms with Gasteiger partial charge in [-0.15, -0.1) is 0 Å². The Morgan fingerprint density at radius 3 is 2.78 bits per heavy atom. The topological polar surface area (TPSA) is 97.3 Å². The van der Waals surface area contributed by atoms with Gasteiger partial charge in [-0.2, -0.15) is 0 Å². The van der Waals surface area contributed by atoms with Crippen LogP contribution < -0.4 is 4.74 Å². The lowest BCUT2D eigenvalue weighted by atomic mass is 10.2. The van der Waals surface area contributed by atoms with Gasteiger partial charge < -0.3 is 19.6 Å². The van der Waals surface area contributed by atoms with Gasteiger partial charge in [-0.05, 0) is 36.8 Å². The lowest BCUT2D eigenvalue weighted by molar-refractivity contribution is 0.0697. The molecule has 0 aliphatic rings. The molecule has 4 aromatic rings. The van der Waals surface area contributed by atoms with Gasteiger partial charge in [0.25, 0.3) is 0 Å². The number of benzene rings is 2. The highest BCUT2D eigenvalue weighted by Crippen LogP contribution is 2.27. The fourth-order valence-electron chi connectivity index (χ4n) is 3.16. The Morgan fingerprint density at radius 2 is 1.97 bits per heavy atom. The van der Waals surface area contributed by atoms with Crippen LogP contribution in [0.15, 0.2) is 66.0 Å². The van der Waals surface area contributed by atoms with Crippen molar-refractivity contribution in [1.82, 2.24) is 15.0 Å². The molecule has 2 N–H and O–H groups in total. The number of imidazole rings is 1. The number of H-pyrrole nitrogens is 1. The fourth-order valence-corrected chi connectivity index (χ4v) is 4.07. The number of carboxylic acids is 1. The monoisotopic (exact) mass is 449 g/mol. The van der Waals surface area contributed by atoms with E-state index in [4.69, 9.17) is 14.6 Å². The second-order valence-electron chi connectivity index (χ2n) is 7.14. The van der Waals surface area contributed by atoms with Gasteiger partial charge in [0.2, 0.25) is 0 Å². The summed E-state index contributed by atoms with van der Waals surface area (Å²) in [5.74, 6) is 0.437. The summed E-state index contributed by atoms with van der Waals surface area (Å²) in [5, 5.41) is 9.85. The molecule has 2 heterocycles. The Labute approximate surface area is 189 Å². The third kappa shape index (κ3) is 5.46. The Morgan fingerprint density at radius 1 is 1.12 bits per heavy atom. The number of pyridine rings is 1. The first-order valence-electron chi connectivity index (χ1n) is 10.1. The molecule has 4 rings (SSSR count). The number of fused-ring (bicyclic) bond motifs is 1. The highest BCUT2D eigenvalue weighted by atomic mass is 32.2. The van der Waals surface area contributed by atoms with Crippen LogP contribution in [0.3, 0.4) is 0 Å². The highest BCUT2D eigenvalue weighted by molar-refractivity contribution is 7.98. The summed E-state index contributed by atoms with van der Waals surface area (Å²) in [6, 6.07) is 16.7. The average Bonchev–Trinajstić information content (AvgIpc) is 3.22. The van der Waals surface area contributed by atoms with Gasteiger partial charge in [0.05, 0.1) is 35.5 Å². The molecule has 0 spiro atoms. The molecule has 164 valence electrons. The molecule has 0 aliphatic heterocycles. The minimum Gasteiger partial charge on any atom is -0.491 e. The van der Waals surface area contributed by atoms with Crippen LogP contribution in [-0.2, 0) is 17.1 Å².